The Bertz CT molecular complexity index is 938. The van der Waals surface area contributed by atoms with Crippen molar-refractivity contribution in [1.82, 2.24) is 24.3 Å². The van der Waals surface area contributed by atoms with E-state index < -0.39 is 11.2 Å². The van der Waals surface area contributed by atoms with Gasteiger partial charge in [0.2, 0.25) is 0 Å². The van der Waals surface area contributed by atoms with Gasteiger partial charge in [-0.1, -0.05) is 11.6 Å². The summed E-state index contributed by atoms with van der Waals surface area (Å²) < 4.78 is 3.17. The lowest BCUT2D eigenvalue weighted by Crippen LogP contribution is -2.28. The molecule has 0 aliphatic rings. The number of hydrogen-bond donors (Lipinski definition) is 1. The lowest BCUT2D eigenvalue weighted by atomic mass is 10.3. The molecule has 7 nitrogen and oxygen atoms in total. The largest absolute Gasteiger partial charge is 0.342 e. The molecule has 3 heterocycles. The molecule has 0 atom stereocenters. The maximum Gasteiger partial charge on any atom is 0.334 e. The number of fused-ring (bicyclic) bond motifs is 1. The second-order valence-electron chi connectivity index (χ2n) is 4.89. The summed E-state index contributed by atoms with van der Waals surface area (Å²) in [5.41, 5.74) is 0.327. The quantitative estimate of drug-likeness (QED) is 0.777. The lowest BCUT2D eigenvalue weighted by molar-refractivity contribution is 0.622. The van der Waals surface area contributed by atoms with E-state index in [1.54, 1.807) is 12.3 Å². The first-order chi connectivity index (χ1) is 9.97. The zero-order chi connectivity index (χ0) is 15.1. The fraction of sp³-hybridized carbons (Fsp3) is 0.231. The Morgan fingerprint density at radius 2 is 2.05 bits per heavy atom. The van der Waals surface area contributed by atoms with Crippen molar-refractivity contribution in [2.45, 2.75) is 19.9 Å². The molecule has 0 fully saturated rings. The van der Waals surface area contributed by atoms with E-state index in [0.717, 1.165) is 5.52 Å². The van der Waals surface area contributed by atoms with Gasteiger partial charge in [-0.05, 0) is 13.8 Å². The highest BCUT2D eigenvalue weighted by molar-refractivity contribution is 6.35. The van der Waals surface area contributed by atoms with Gasteiger partial charge in [0, 0.05) is 30.6 Å². The molecule has 0 aromatic carbocycles. The Morgan fingerprint density at radius 1 is 1.29 bits per heavy atom. The number of H-pyrrole nitrogens is 1. The number of halogens is 1. The topological polar surface area (TPSA) is 85.6 Å². The van der Waals surface area contributed by atoms with Crippen LogP contribution in [0, 0.1) is 0 Å². The average molecular weight is 306 g/mol. The molecule has 0 aliphatic carbocycles. The summed E-state index contributed by atoms with van der Waals surface area (Å²) in [5.74, 6) is 0.320. The molecule has 3 aromatic rings. The Balaban J connectivity index is 2.27. The fourth-order valence-electron chi connectivity index (χ4n) is 2.13. The van der Waals surface area contributed by atoms with Crippen molar-refractivity contribution in [3.63, 3.8) is 0 Å². The highest BCUT2D eigenvalue weighted by atomic mass is 35.5. The van der Waals surface area contributed by atoms with Gasteiger partial charge in [-0.15, -0.1) is 10.2 Å². The normalized spacial score (nSPS) is 11.4. The summed E-state index contributed by atoms with van der Waals surface area (Å²) in [7, 11) is 0. The van der Waals surface area contributed by atoms with Crippen LogP contribution in [0.15, 0.2) is 34.1 Å². The number of nitrogens with one attached hydrogen (secondary N) is 1. The van der Waals surface area contributed by atoms with E-state index in [4.69, 9.17) is 11.6 Å². The Hall–Kier alpha value is -2.41. The smallest absolute Gasteiger partial charge is 0.334 e. The summed E-state index contributed by atoms with van der Waals surface area (Å²) in [4.78, 5) is 25.1. The van der Waals surface area contributed by atoms with E-state index in [1.807, 2.05) is 18.4 Å². The van der Waals surface area contributed by atoms with Crippen LogP contribution in [0.25, 0.3) is 16.9 Å². The Morgan fingerprint density at radius 3 is 2.71 bits per heavy atom. The fourth-order valence-corrected chi connectivity index (χ4v) is 2.37. The van der Waals surface area contributed by atoms with Crippen LogP contribution in [0.3, 0.4) is 0 Å². The van der Waals surface area contributed by atoms with Crippen molar-refractivity contribution < 1.29 is 0 Å². The van der Waals surface area contributed by atoms with Crippen LogP contribution in [-0.4, -0.2) is 24.3 Å². The van der Waals surface area contributed by atoms with Gasteiger partial charge in [0.05, 0.1) is 10.5 Å². The number of aromatic amines is 1. The van der Waals surface area contributed by atoms with E-state index in [-0.39, 0.29) is 6.04 Å². The molecule has 0 aliphatic heterocycles. The number of aromatic nitrogens is 5. The first-order valence-corrected chi connectivity index (χ1v) is 6.71. The zero-order valence-corrected chi connectivity index (χ0v) is 12.1. The van der Waals surface area contributed by atoms with Crippen molar-refractivity contribution in [2.75, 3.05) is 0 Å². The first-order valence-electron chi connectivity index (χ1n) is 6.33. The molecule has 0 unspecified atom stereocenters. The minimum absolute atomic E-state index is 0.185. The Labute approximate surface area is 123 Å². The van der Waals surface area contributed by atoms with Gasteiger partial charge in [-0.25, -0.2) is 4.79 Å². The van der Waals surface area contributed by atoms with Crippen molar-refractivity contribution in [1.29, 1.82) is 0 Å². The maximum atomic E-state index is 11.8. The minimum Gasteiger partial charge on any atom is -0.342 e. The molecule has 0 amide bonds. The molecule has 0 spiro atoms. The molecule has 0 saturated carbocycles. The zero-order valence-electron chi connectivity index (χ0n) is 11.4. The molecule has 21 heavy (non-hydrogen) atoms. The van der Waals surface area contributed by atoms with Crippen molar-refractivity contribution in [3.8, 4) is 5.82 Å². The van der Waals surface area contributed by atoms with Gasteiger partial charge in [-0.3, -0.25) is 14.3 Å². The standard InChI is InChI=1S/C13H12ClN5O2/c1-7(2)19-6-8(14)12-9(19)5-10(16-17-12)18-4-3-11(20)15-13(18)21/h3-7H,1-2H3,(H,15,20,21). The molecule has 0 saturated heterocycles. The molecule has 0 bridgehead atoms. The molecular formula is C13H12ClN5O2. The summed E-state index contributed by atoms with van der Waals surface area (Å²) in [5, 5.41) is 8.57. The van der Waals surface area contributed by atoms with Gasteiger partial charge >= 0.3 is 5.69 Å². The SMILES string of the molecule is CC(C)n1cc(Cl)c2nnc(-n3ccc(=O)[nH]c3=O)cc21. The summed E-state index contributed by atoms with van der Waals surface area (Å²) in [6, 6.07) is 3.15. The Kier molecular flexibility index (Phi) is 3.13. The van der Waals surface area contributed by atoms with Crippen molar-refractivity contribution in [2.24, 2.45) is 0 Å². The van der Waals surface area contributed by atoms with Gasteiger partial charge in [-0.2, -0.15) is 0 Å². The molecule has 3 rings (SSSR count). The van der Waals surface area contributed by atoms with Crippen LogP contribution in [-0.2, 0) is 0 Å². The van der Waals surface area contributed by atoms with Gasteiger partial charge in [0.25, 0.3) is 5.56 Å². The third kappa shape index (κ3) is 2.25. The van der Waals surface area contributed by atoms with Crippen LogP contribution in [0.5, 0.6) is 0 Å². The van der Waals surface area contributed by atoms with E-state index >= 15 is 0 Å². The molecule has 3 aromatic heterocycles. The van der Waals surface area contributed by atoms with Crippen molar-refractivity contribution >= 4 is 22.6 Å². The van der Waals surface area contributed by atoms with Crippen molar-refractivity contribution in [3.05, 3.63) is 50.4 Å². The van der Waals surface area contributed by atoms with E-state index in [0.29, 0.717) is 16.4 Å². The van der Waals surface area contributed by atoms with Gasteiger partial charge < -0.3 is 4.57 Å². The predicted molar refractivity (Wildman–Crippen MR) is 79.1 cm³/mol. The van der Waals surface area contributed by atoms with E-state index in [9.17, 15) is 9.59 Å². The minimum atomic E-state index is -0.565. The van der Waals surface area contributed by atoms with Gasteiger partial charge in [0.15, 0.2) is 5.82 Å². The van der Waals surface area contributed by atoms with Gasteiger partial charge in [0.1, 0.15) is 5.52 Å². The second-order valence-corrected chi connectivity index (χ2v) is 5.30. The van der Waals surface area contributed by atoms with Crippen LogP contribution >= 0.6 is 11.6 Å². The second kappa shape index (κ2) is 4.85. The first kappa shape index (κ1) is 13.6. The van der Waals surface area contributed by atoms with Crippen LogP contribution in [0.1, 0.15) is 19.9 Å². The van der Waals surface area contributed by atoms with E-state index in [2.05, 4.69) is 15.2 Å². The highest BCUT2D eigenvalue weighted by Crippen LogP contribution is 2.26. The number of nitrogens with zero attached hydrogens (tertiary/aromatic N) is 4. The molecule has 8 heteroatoms. The van der Waals surface area contributed by atoms with Crippen LogP contribution in [0.4, 0.5) is 0 Å². The third-order valence-corrected chi connectivity index (χ3v) is 3.42. The summed E-state index contributed by atoms with van der Waals surface area (Å²) in [6.07, 6.45) is 3.15. The highest BCUT2D eigenvalue weighted by Gasteiger charge is 2.13. The number of rotatable bonds is 2. The molecule has 1 N–H and O–H groups in total. The summed E-state index contributed by atoms with van der Waals surface area (Å²) >= 11 is 6.13. The average Bonchev–Trinajstić information content (AvgIpc) is 2.76. The van der Waals surface area contributed by atoms with E-state index in [1.165, 1.54) is 16.8 Å². The third-order valence-electron chi connectivity index (χ3n) is 3.14. The molecule has 108 valence electrons. The molecule has 0 radical (unpaired) electrons. The summed E-state index contributed by atoms with van der Waals surface area (Å²) in [6.45, 7) is 4.03. The lowest BCUT2D eigenvalue weighted by Gasteiger charge is -2.09. The van der Waals surface area contributed by atoms with Crippen LogP contribution < -0.4 is 11.2 Å². The predicted octanol–water partition coefficient (Wildman–Crippen LogP) is 1.50. The maximum absolute atomic E-state index is 11.8. The van der Waals surface area contributed by atoms with Crippen LogP contribution in [0.2, 0.25) is 5.02 Å². The monoisotopic (exact) mass is 305 g/mol. The number of hydrogen-bond acceptors (Lipinski definition) is 4. The molecular weight excluding hydrogens is 294 g/mol.